The van der Waals surface area contributed by atoms with Gasteiger partial charge < -0.3 is 0 Å². The Hall–Kier alpha value is -7.95. The number of nitriles is 1. The molecule has 0 amide bonds. The van der Waals surface area contributed by atoms with Crippen LogP contribution in [0.1, 0.15) is 5.56 Å². The van der Waals surface area contributed by atoms with Crippen LogP contribution in [0, 0.1) is 11.3 Å². The van der Waals surface area contributed by atoms with E-state index in [4.69, 9.17) is 29.9 Å². The minimum absolute atomic E-state index is 0.544. The lowest BCUT2D eigenvalue weighted by atomic mass is 9.97. The van der Waals surface area contributed by atoms with Gasteiger partial charge in [0.2, 0.25) is 0 Å². The van der Waals surface area contributed by atoms with Crippen molar-refractivity contribution in [3.63, 3.8) is 0 Å². The van der Waals surface area contributed by atoms with Crippen LogP contribution in [-0.4, -0.2) is 29.9 Å². The maximum absolute atomic E-state index is 9.52. The molecule has 262 valence electrons. The fourth-order valence-corrected chi connectivity index (χ4v) is 6.64. The van der Waals surface area contributed by atoms with Gasteiger partial charge in [-0.25, -0.2) is 29.9 Å². The van der Waals surface area contributed by atoms with Crippen molar-refractivity contribution in [2.24, 2.45) is 0 Å². The maximum Gasteiger partial charge on any atom is 0.164 e. The van der Waals surface area contributed by atoms with Crippen LogP contribution in [-0.2, 0) is 0 Å². The largest absolute Gasteiger partial charge is 0.208 e. The van der Waals surface area contributed by atoms with E-state index < -0.39 is 0 Å². The molecule has 56 heavy (non-hydrogen) atoms. The fraction of sp³-hybridized carbons (Fsp3) is 0. The zero-order chi connectivity index (χ0) is 37.7. The van der Waals surface area contributed by atoms with Gasteiger partial charge in [0.25, 0.3) is 0 Å². The molecule has 2 heterocycles. The highest BCUT2D eigenvalue weighted by molar-refractivity contribution is 5.84. The molecular formula is C49H31N7. The molecule has 0 saturated carbocycles. The molecule has 0 atom stereocenters. The normalized spacial score (nSPS) is 10.8. The summed E-state index contributed by atoms with van der Waals surface area (Å²) in [6.45, 7) is 0. The molecule has 0 spiro atoms. The van der Waals surface area contributed by atoms with Crippen molar-refractivity contribution in [2.45, 2.75) is 0 Å². The first kappa shape index (κ1) is 33.9. The van der Waals surface area contributed by atoms with Crippen molar-refractivity contribution in [3.8, 4) is 96.7 Å². The second kappa shape index (κ2) is 15.2. The van der Waals surface area contributed by atoms with Crippen molar-refractivity contribution in [2.75, 3.05) is 0 Å². The Labute approximate surface area is 324 Å². The second-order valence-corrected chi connectivity index (χ2v) is 13.1. The molecule has 0 aliphatic rings. The number of aromatic nitrogens is 6. The Morgan fingerprint density at radius 1 is 0.268 bits per heavy atom. The lowest BCUT2D eigenvalue weighted by Crippen LogP contribution is -2.01. The van der Waals surface area contributed by atoms with Crippen LogP contribution in [0.15, 0.2) is 188 Å². The first-order chi connectivity index (χ1) is 27.7. The third kappa shape index (κ3) is 7.06. The highest BCUT2D eigenvalue weighted by atomic mass is 15.0. The fourth-order valence-electron chi connectivity index (χ4n) is 6.64. The quantitative estimate of drug-likeness (QED) is 0.154. The van der Waals surface area contributed by atoms with Crippen LogP contribution in [0.25, 0.3) is 90.6 Å². The number of hydrogen-bond donors (Lipinski definition) is 0. The van der Waals surface area contributed by atoms with Crippen LogP contribution < -0.4 is 0 Å². The van der Waals surface area contributed by atoms with Crippen molar-refractivity contribution >= 4 is 0 Å². The zero-order valence-electron chi connectivity index (χ0n) is 30.0. The van der Waals surface area contributed by atoms with E-state index in [0.717, 1.165) is 55.6 Å². The van der Waals surface area contributed by atoms with Gasteiger partial charge >= 0.3 is 0 Å². The molecular weight excluding hydrogens is 687 g/mol. The Balaban J connectivity index is 1.16. The molecule has 0 unspecified atom stereocenters. The monoisotopic (exact) mass is 717 g/mol. The van der Waals surface area contributed by atoms with Gasteiger partial charge in [-0.15, -0.1) is 0 Å². The summed E-state index contributed by atoms with van der Waals surface area (Å²) in [5, 5.41) is 9.52. The third-order valence-corrected chi connectivity index (χ3v) is 9.41. The zero-order valence-corrected chi connectivity index (χ0v) is 30.0. The summed E-state index contributed by atoms with van der Waals surface area (Å²) >= 11 is 0. The van der Waals surface area contributed by atoms with Gasteiger partial charge in [0, 0.05) is 33.4 Å². The maximum atomic E-state index is 9.52. The van der Waals surface area contributed by atoms with Crippen molar-refractivity contribution in [1.82, 2.24) is 29.9 Å². The molecule has 7 nitrogen and oxygen atoms in total. The van der Waals surface area contributed by atoms with Gasteiger partial charge in [0.1, 0.15) is 0 Å². The van der Waals surface area contributed by atoms with Crippen LogP contribution in [0.4, 0.5) is 0 Å². The molecule has 0 radical (unpaired) electrons. The van der Waals surface area contributed by atoms with E-state index in [0.29, 0.717) is 40.5 Å². The second-order valence-electron chi connectivity index (χ2n) is 13.1. The van der Waals surface area contributed by atoms with Crippen molar-refractivity contribution < 1.29 is 0 Å². The van der Waals surface area contributed by atoms with Crippen LogP contribution in [0.3, 0.4) is 0 Å². The molecule has 0 aliphatic carbocycles. The number of hydrogen-bond acceptors (Lipinski definition) is 7. The summed E-state index contributed by atoms with van der Waals surface area (Å²) in [5.41, 5.74) is 9.68. The number of nitrogens with zero attached hydrogens (tertiary/aromatic N) is 7. The Bertz CT molecular complexity index is 2810. The average molecular weight is 718 g/mol. The van der Waals surface area contributed by atoms with Crippen molar-refractivity contribution in [1.29, 1.82) is 5.26 Å². The smallest absolute Gasteiger partial charge is 0.164 e. The van der Waals surface area contributed by atoms with Gasteiger partial charge in [-0.2, -0.15) is 5.26 Å². The van der Waals surface area contributed by atoms with E-state index in [9.17, 15) is 5.26 Å². The van der Waals surface area contributed by atoms with Crippen LogP contribution >= 0.6 is 0 Å². The summed E-state index contributed by atoms with van der Waals surface area (Å²) in [6.07, 6.45) is 0. The molecule has 0 fully saturated rings. The predicted octanol–water partition coefficient (Wildman–Crippen LogP) is 11.3. The first-order valence-corrected chi connectivity index (χ1v) is 18.2. The van der Waals surface area contributed by atoms with Crippen molar-refractivity contribution in [3.05, 3.63) is 194 Å². The average Bonchev–Trinajstić information content (AvgIpc) is 3.29. The Kier molecular flexibility index (Phi) is 9.18. The molecule has 0 aliphatic heterocycles. The molecule has 9 aromatic rings. The van der Waals surface area contributed by atoms with E-state index in [2.05, 4.69) is 30.3 Å². The predicted molar refractivity (Wildman–Crippen MR) is 221 cm³/mol. The third-order valence-electron chi connectivity index (χ3n) is 9.41. The summed E-state index contributed by atoms with van der Waals surface area (Å²) in [4.78, 5) is 30.0. The first-order valence-electron chi connectivity index (χ1n) is 18.2. The van der Waals surface area contributed by atoms with E-state index in [-0.39, 0.29) is 0 Å². The molecule has 7 heteroatoms. The SMILES string of the molecule is N#Cc1cccc(-c2cccc(-c3nc(-c4ccccc4)nc(-c4ccccc4-c4cccc(-c5nc(-c6ccccc6)nc(-c6ccccc6)n5)c4)n3)c2)c1. The van der Waals surface area contributed by atoms with Gasteiger partial charge in [-0.1, -0.05) is 164 Å². The van der Waals surface area contributed by atoms with E-state index in [1.54, 1.807) is 6.07 Å². The highest BCUT2D eigenvalue weighted by Crippen LogP contribution is 2.35. The van der Waals surface area contributed by atoms with Crippen LogP contribution in [0.5, 0.6) is 0 Å². The molecule has 2 aromatic heterocycles. The van der Waals surface area contributed by atoms with E-state index in [1.165, 1.54) is 0 Å². The molecule has 0 saturated heterocycles. The minimum Gasteiger partial charge on any atom is -0.208 e. The summed E-state index contributed by atoms with van der Waals surface area (Å²) in [5.74, 6) is 3.44. The Morgan fingerprint density at radius 3 is 1.11 bits per heavy atom. The van der Waals surface area contributed by atoms with Gasteiger partial charge in [0.05, 0.1) is 11.6 Å². The minimum atomic E-state index is 0.544. The molecule has 0 bridgehead atoms. The standard InChI is InChI=1S/C49H31N7/c50-32-33-15-12-22-37(29-33)38-23-13-25-40(30-38)48-54-46(36-20-8-3-9-21-36)55-49(56-48)43-28-11-10-27-42(43)39-24-14-26-41(31-39)47-52-44(34-16-4-1-5-17-34)51-45(53-47)35-18-6-2-7-19-35/h1-31H. The lowest BCUT2D eigenvalue weighted by molar-refractivity contribution is 1.07. The molecule has 7 aromatic carbocycles. The lowest BCUT2D eigenvalue weighted by Gasteiger charge is -2.13. The molecule has 9 rings (SSSR count). The molecule has 0 N–H and O–H groups in total. The highest BCUT2D eigenvalue weighted by Gasteiger charge is 2.18. The van der Waals surface area contributed by atoms with E-state index >= 15 is 0 Å². The van der Waals surface area contributed by atoms with Crippen LogP contribution in [0.2, 0.25) is 0 Å². The number of rotatable bonds is 8. The summed E-state index contributed by atoms with van der Waals surface area (Å²) in [6, 6.07) is 64.2. The summed E-state index contributed by atoms with van der Waals surface area (Å²) < 4.78 is 0. The topological polar surface area (TPSA) is 101 Å². The number of benzene rings is 7. The van der Waals surface area contributed by atoms with Gasteiger partial charge in [-0.3, -0.25) is 0 Å². The van der Waals surface area contributed by atoms with Gasteiger partial charge in [-0.05, 0) is 46.5 Å². The summed E-state index contributed by atoms with van der Waals surface area (Å²) in [7, 11) is 0. The Morgan fingerprint density at radius 2 is 0.607 bits per heavy atom. The van der Waals surface area contributed by atoms with E-state index in [1.807, 2.05) is 158 Å². The van der Waals surface area contributed by atoms with Gasteiger partial charge in [0.15, 0.2) is 34.9 Å².